The number of carboxylic acid groups (broad SMARTS) is 1. The van der Waals surface area contributed by atoms with Crippen LogP contribution in [0.15, 0.2) is 77.2 Å². The van der Waals surface area contributed by atoms with Crippen molar-refractivity contribution in [1.29, 1.82) is 5.26 Å². The molecule has 0 aromatic heterocycles. The highest BCUT2D eigenvalue weighted by Crippen LogP contribution is 2.32. The zero-order valence-corrected chi connectivity index (χ0v) is 20.9. The molecule has 0 saturated heterocycles. The molecule has 0 aliphatic carbocycles. The monoisotopic (exact) mass is 535 g/mol. The number of para-hydroxylation sites is 1. The number of benzene rings is 3. The Balaban J connectivity index is 1.89. The van der Waals surface area contributed by atoms with Crippen molar-refractivity contribution >= 4 is 45.4 Å². The van der Waals surface area contributed by atoms with Crippen molar-refractivity contribution in [3.8, 4) is 17.6 Å². The first-order valence-electron chi connectivity index (χ1n) is 10.8. The summed E-state index contributed by atoms with van der Waals surface area (Å²) in [5.74, 6) is -2.58. The fraction of sp³-hybridized carbons (Fsp3) is 0.0769. The number of carboxylic acids is 1. The van der Waals surface area contributed by atoms with Gasteiger partial charge in [0.25, 0.3) is 5.91 Å². The molecule has 0 aliphatic heterocycles. The molecule has 0 saturated carbocycles. The maximum absolute atomic E-state index is 12.8. The van der Waals surface area contributed by atoms with Crippen LogP contribution in [-0.4, -0.2) is 38.4 Å². The van der Waals surface area contributed by atoms with Gasteiger partial charge in [0.2, 0.25) is 5.91 Å². The Labute approximate surface area is 218 Å². The Hall–Kier alpha value is -5.15. The summed E-state index contributed by atoms with van der Waals surface area (Å²) in [6, 6.07) is 16.9. The lowest BCUT2D eigenvalue weighted by atomic mass is 10.1. The van der Waals surface area contributed by atoms with Crippen molar-refractivity contribution in [1.82, 2.24) is 0 Å². The van der Waals surface area contributed by atoms with Crippen molar-refractivity contribution in [2.75, 3.05) is 17.7 Å². The lowest BCUT2D eigenvalue weighted by Gasteiger charge is -2.12. The maximum atomic E-state index is 12.8. The fourth-order valence-electron chi connectivity index (χ4n) is 3.21. The van der Waals surface area contributed by atoms with Crippen LogP contribution in [0.25, 0.3) is 6.08 Å². The summed E-state index contributed by atoms with van der Waals surface area (Å²) in [5.41, 5.74) is 0.0940. The van der Waals surface area contributed by atoms with Crippen molar-refractivity contribution in [3.63, 3.8) is 0 Å². The summed E-state index contributed by atoms with van der Waals surface area (Å²) >= 11 is 0. The molecule has 3 rings (SSSR count). The zero-order valence-electron chi connectivity index (χ0n) is 20.1. The Morgan fingerprint density at radius 3 is 2.26 bits per heavy atom. The minimum atomic E-state index is -4.33. The van der Waals surface area contributed by atoms with Crippen LogP contribution in [0.4, 0.5) is 11.4 Å². The first kappa shape index (κ1) is 27.4. The molecule has 38 heavy (non-hydrogen) atoms. The topological polar surface area (TPSA) is 172 Å². The van der Waals surface area contributed by atoms with Gasteiger partial charge in [0.05, 0.1) is 18.4 Å². The maximum Gasteiger partial charge on any atom is 0.339 e. The fourth-order valence-corrected chi connectivity index (χ4v) is 4.14. The van der Waals surface area contributed by atoms with Gasteiger partial charge in [0, 0.05) is 12.6 Å². The van der Waals surface area contributed by atoms with Gasteiger partial charge in [-0.3, -0.25) is 9.59 Å². The van der Waals surface area contributed by atoms with Gasteiger partial charge < -0.3 is 24.7 Å². The van der Waals surface area contributed by atoms with E-state index in [1.165, 1.54) is 86.8 Å². The van der Waals surface area contributed by atoms with Crippen LogP contribution in [0.3, 0.4) is 0 Å². The highest BCUT2D eigenvalue weighted by molar-refractivity contribution is 7.87. The number of rotatable bonds is 9. The second-order valence-electron chi connectivity index (χ2n) is 7.63. The van der Waals surface area contributed by atoms with Crippen molar-refractivity contribution in [2.24, 2.45) is 0 Å². The van der Waals surface area contributed by atoms with Gasteiger partial charge in [-0.1, -0.05) is 18.2 Å². The molecule has 0 heterocycles. The summed E-state index contributed by atoms with van der Waals surface area (Å²) in [5, 5.41) is 23.7. The number of amides is 2. The van der Waals surface area contributed by atoms with Crippen LogP contribution < -0.4 is 19.6 Å². The van der Waals surface area contributed by atoms with E-state index in [2.05, 4.69) is 10.6 Å². The third kappa shape index (κ3) is 6.74. The van der Waals surface area contributed by atoms with Crippen molar-refractivity contribution in [2.45, 2.75) is 11.8 Å². The van der Waals surface area contributed by atoms with Crippen LogP contribution >= 0.6 is 0 Å². The van der Waals surface area contributed by atoms with Gasteiger partial charge >= 0.3 is 16.1 Å². The number of hydrogen-bond donors (Lipinski definition) is 3. The zero-order chi connectivity index (χ0) is 27.9. The highest BCUT2D eigenvalue weighted by Gasteiger charge is 2.20. The summed E-state index contributed by atoms with van der Waals surface area (Å²) in [7, 11) is -3.02. The number of hydrogen-bond acceptors (Lipinski definition) is 8. The van der Waals surface area contributed by atoms with E-state index in [0.29, 0.717) is 5.69 Å². The number of carbonyl (C=O) groups is 3. The number of methoxy groups -OCH3 is 1. The summed E-state index contributed by atoms with van der Waals surface area (Å²) in [6.07, 6.45) is 1.18. The number of carbonyl (C=O) groups excluding carboxylic acids is 2. The molecule has 0 fully saturated rings. The van der Waals surface area contributed by atoms with Crippen LogP contribution in [0.5, 0.6) is 11.5 Å². The molecular weight excluding hydrogens is 514 g/mol. The van der Waals surface area contributed by atoms with Gasteiger partial charge in [0.15, 0.2) is 11.5 Å². The Kier molecular flexibility index (Phi) is 8.46. The van der Waals surface area contributed by atoms with E-state index in [-0.39, 0.29) is 44.7 Å². The quantitative estimate of drug-likeness (QED) is 0.210. The molecule has 0 radical (unpaired) electrons. The summed E-state index contributed by atoms with van der Waals surface area (Å²) in [4.78, 5) is 35.0. The smallest absolute Gasteiger partial charge is 0.339 e. The number of nitrogens with one attached hydrogen (secondary N) is 2. The predicted octanol–water partition coefficient (Wildman–Crippen LogP) is 3.67. The Morgan fingerprint density at radius 2 is 1.66 bits per heavy atom. The van der Waals surface area contributed by atoms with Crippen LogP contribution in [0, 0.1) is 11.3 Å². The molecule has 3 N–H and O–H groups in total. The molecule has 3 aromatic carbocycles. The van der Waals surface area contributed by atoms with Crippen molar-refractivity contribution < 1.29 is 36.8 Å². The van der Waals surface area contributed by atoms with Gasteiger partial charge in [-0.05, 0) is 60.2 Å². The van der Waals surface area contributed by atoms with Gasteiger partial charge in [0.1, 0.15) is 16.5 Å². The second kappa shape index (κ2) is 11.7. The van der Waals surface area contributed by atoms with Gasteiger partial charge in [-0.15, -0.1) is 0 Å². The Bertz CT molecular complexity index is 1570. The number of nitriles is 1. The first-order chi connectivity index (χ1) is 18.0. The predicted molar refractivity (Wildman–Crippen MR) is 137 cm³/mol. The van der Waals surface area contributed by atoms with E-state index in [1.807, 2.05) is 0 Å². The summed E-state index contributed by atoms with van der Waals surface area (Å²) in [6.45, 7) is 1.32. The molecule has 194 valence electrons. The molecule has 0 spiro atoms. The normalized spacial score (nSPS) is 11.1. The van der Waals surface area contributed by atoms with Gasteiger partial charge in [-0.2, -0.15) is 13.7 Å². The van der Waals surface area contributed by atoms with Crippen molar-refractivity contribution in [3.05, 3.63) is 83.4 Å². The lowest BCUT2D eigenvalue weighted by molar-refractivity contribution is -0.114. The van der Waals surface area contributed by atoms with Crippen LogP contribution in [0.1, 0.15) is 22.8 Å². The summed E-state index contributed by atoms with van der Waals surface area (Å²) < 4.78 is 36.1. The molecule has 0 atom stereocenters. The number of ether oxygens (including phenoxy) is 1. The molecule has 0 unspecified atom stereocenters. The Morgan fingerprint density at radius 1 is 0.974 bits per heavy atom. The van der Waals surface area contributed by atoms with E-state index < -0.39 is 22.0 Å². The molecule has 0 bridgehead atoms. The van der Waals surface area contributed by atoms with Gasteiger partial charge in [-0.25, -0.2) is 4.79 Å². The van der Waals surface area contributed by atoms with E-state index in [4.69, 9.17) is 8.92 Å². The standard InChI is InChI=1S/C26H21N3O8S/c1-16(30)28-19-8-10-20(11-9-19)38(34,35)37-24-14-17(7-12-23(24)36-2)13-18(15-27)25(31)29-22-6-4-3-5-21(22)26(32)33/h3-14H,1-2H3,(H,28,30)(H,29,31)(H,32,33)/b18-13+. The molecule has 3 aromatic rings. The second-order valence-corrected chi connectivity index (χ2v) is 9.17. The lowest BCUT2D eigenvalue weighted by Crippen LogP contribution is -2.16. The largest absolute Gasteiger partial charge is 0.493 e. The minimum absolute atomic E-state index is 0.000480. The number of aromatic carboxylic acids is 1. The van der Waals surface area contributed by atoms with E-state index in [9.17, 15) is 33.2 Å². The minimum Gasteiger partial charge on any atom is -0.493 e. The van der Waals surface area contributed by atoms with E-state index >= 15 is 0 Å². The van der Waals surface area contributed by atoms with E-state index in [1.54, 1.807) is 6.07 Å². The third-order valence-corrected chi connectivity index (χ3v) is 6.18. The average molecular weight is 536 g/mol. The number of anilines is 2. The molecule has 11 nitrogen and oxygen atoms in total. The molecular formula is C26H21N3O8S. The average Bonchev–Trinajstić information content (AvgIpc) is 2.87. The number of nitrogens with zero attached hydrogens (tertiary/aromatic N) is 1. The molecule has 0 aliphatic rings. The third-order valence-electron chi connectivity index (χ3n) is 4.93. The van der Waals surface area contributed by atoms with Crippen LogP contribution in [-0.2, 0) is 19.7 Å². The van der Waals surface area contributed by atoms with Crippen LogP contribution in [0.2, 0.25) is 0 Å². The SMILES string of the molecule is COc1ccc(/C=C(\C#N)C(=O)Nc2ccccc2C(=O)O)cc1OS(=O)(=O)c1ccc(NC(C)=O)cc1. The molecule has 12 heteroatoms. The first-order valence-corrected chi connectivity index (χ1v) is 12.2. The molecule has 2 amide bonds. The van der Waals surface area contributed by atoms with E-state index in [0.717, 1.165) is 0 Å². The highest BCUT2D eigenvalue weighted by atomic mass is 32.2.